The number of halogens is 1. The van der Waals surface area contributed by atoms with Crippen molar-refractivity contribution in [2.24, 2.45) is 0 Å². The van der Waals surface area contributed by atoms with E-state index in [4.69, 9.17) is 4.74 Å². The maximum absolute atomic E-state index is 12.1. The lowest BCUT2D eigenvalue weighted by molar-refractivity contribution is -0.119. The zero-order valence-corrected chi connectivity index (χ0v) is 16.4. The average Bonchev–Trinajstić information content (AvgIpc) is 2.70. The predicted octanol–water partition coefficient (Wildman–Crippen LogP) is 2.21. The number of nitrogens with one attached hydrogen (secondary N) is 1. The van der Waals surface area contributed by atoms with Gasteiger partial charge in [0.2, 0.25) is 0 Å². The molecule has 1 aromatic heterocycles. The van der Waals surface area contributed by atoms with Crippen LogP contribution in [0.15, 0.2) is 41.1 Å². The van der Waals surface area contributed by atoms with Crippen LogP contribution in [0.25, 0.3) is 0 Å². The zero-order chi connectivity index (χ0) is 20.7. The van der Waals surface area contributed by atoms with Gasteiger partial charge in [-0.15, -0.1) is 0 Å². The fraction of sp³-hybridized carbons (Fsp3) is 0.167. The smallest absolute Gasteiger partial charge is 0.340 e. The van der Waals surface area contributed by atoms with Crippen LogP contribution < -0.4 is 5.32 Å². The zero-order valence-electron chi connectivity index (χ0n) is 14.9. The summed E-state index contributed by atoms with van der Waals surface area (Å²) in [5, 5.41) is 2.44. The van der Waals surface area contributed by atoms with Crippen molar-refractivity contribution in [1.29, 1.82) is 0 Å². The molecule has 0 aliphatic heterocycles. The van der Waals surface area contributed by atoms with Crippen molar-refractivity contribution in [3.8, 4) is 0 Å². The Hall–Kier alpha value is -3.27. The number of nitrogens with zero attached hydrogens (tertiary/aromatic N) is 1. The fourth-order valence-electron chi connectivity index (χ4n) is 2.11. The Morgan fingerprint density at radius 1 is 0.893 bits per heavy atom. The lowest BCUT2D eigenvalue weighted by atomic mass is 10.1. The molecule has 0 spiro atoms. The van der Waals surface area contributed by atoms with Gasteiger partial charge in [0.15, 0.2) is 6.61 Å². The van der Waals surface area contributed by atoms with Gasteiger partial charge in [-0.1, -0.05) is 0 Å². The monoisotopic (exact) mass is 450 g/mol. The molecule has 0 aliphatic carbocycles. The summed E-state index contributed by atoms with van der Waals surface area (Å²) in [4.78, 5) is 51.3. The van der Waals surface area contributed by atoms with E-state index < -0.39 is 30.4 Å². The van der Waals surface area contributed by atoms with Gasteiger partial charge in [0.25, 0.3) is 5.91 Å². The molecule has 10 heteroatoms. The number of aromatic nitrogens is 1. The van der Waals surface area contributed by atoms with E-state index in [-0.39, 0.29) is 22.4 Å². The summed E-state index contributed by atoms with van der Waals surface area (Å²) < 4.78 is 14.7. The summed E-state index contributed by atoms with van der Waals surface area (Å²) in [7, 11) is 2.36. The first-order chi connectivity index (χ1) is 13.3. The Kier molecular flexibility index (Phi) is 7.21. The van der Waals surface area contributed by atoms with Gasteiger partial charge in [0, 0.05) is 22.6 Å². The molecule has 0 fully saturated rings. The van der Waals surface area contributed by atoms with Crippen molar-refractivity contribution in [2.45, 2.75) is 0 Å². The van der Waals surface area contributed by atoms with Gasteiger partial charge in [-0.25, -0.2) is 14.4 Å². The standard InChI is InChI=1S/C18H15BrN2O7/c1-26-16(23)10-3-11(17(24)27-2)6-14(5-10)21-15(22)9-28-18(25)12-4-13(19)8-20-7-12/h3-8H,9H2,1-2H3,(H,21,22). The fourth-order valence-corrected chi connectivity index (χ4v) is 2.47. The first-order valence-electron chi connectivity index (χ1n) is 7.73. The van der Waals surface area contributed by atoms with Gasteiger partial charge in [0.05, 0.1) is 30.9 Å². The molecule has 28 heavy (non-hydrogen) atoms. The van der Waals surface area contributed by atoms with Crippen molar-refractivity contribution in [2.75, 3.05) is 26.1 Å². The molecular formula is C18H15BrN2O7. The second-order valence-corrected chi connectivity index (χ2v) is 6.21. The van der Waals surface area contributed by atoms with E-state index in [0.717, 1.165) is 0 Å². The summed E-state index contributed by atoms with van der Waals surface area (Å²) in [5.74, 6) is -2.80. The van der Waals surface area contributed by atoms with Crippen LogP contribution in [0.2, 0.25) is 0 Å². The summed E-state index contributed by atoms with van der Waals surface area (Å²) in [6.07, 6.45) is 2.80. The highest BCUT2D eigenvalue weighted by molar-refractivity contribution is 9.10. The molecule has 0 aliphatic rings. The van der Waals surface area contributed by atoms with Crippen LogP contribution in [0.3, 0.4) is 0 Å². The average molecular weight is 451 g/mol. The molecule has 1 heterocycles. The molecule has 0 radical (unpaired) electrons. The second kappa shape index (κ2) is 9.60. The summed E-state index contributed by atoms with van der Waals surface area (Å²) in [6, 6.07) is 5.40. The van der Waals surface area contributed by atoms with Gasteiger partial charge >= 0.3 is 17.9 Å². The largest absolute Gasteiger partial charge is 0.465 e. The van der Waals surface area contributed by atoms with E-state index in [1.54, 1.807) is 0 Å². The highest BCUT2D eigenvalue weighted by Gasteiger charge is 2.16. The summed E-state index contributed by atoms with van der Waals surface area (Å²) in [5.41, 5.74) is 0.382. The number of esters is 3. The van der Waals surface area contributed by atoms with Crippen LogP contribution in [-0.4, -0.2) is 49.6 Å². The van der Waals surface area contributed by atoms with Gasteiger partial charge < -0.3 is 19.5 Å². The van der Waals surface area contributed by atoms with E-state index >= 15 is 0 Å². The van der Waals surface area contributed by atoms with Crippen molar-refractivity contribution in [3.63, 3.8) is 0 Å². The molecule has 0 saturated carbocycles. The van der Waals surface area contributed by atoms with Crippen molar-refractivity contribution in [3.05, 3.63) is 57.8 Å². The third-order valence-electron chi connectivity index (χ3n) is 3.33. The quantitative estimate of drug-likeness (QED) is 0.524. The minimum atomic E-state index is -0.734. The molecule has 1 N–H and O–H groups in total. The number of benzene rings is 1. The van der Waals surface area contributed by atoms with Crippen LogP contribution in [0.1, 0.15) is 31.1 Å². The van der Waals surface area contributed by atoms with Crippen molar-refractivity contribution in [1.82, 2.24) is 4.98 Å². The van der Waals surface area contributed by atoms with E-state index in [9.17, 15) is 19.2 Å². The topological polar surface area (TPSA) is 121 Å². The first kappa shape index (κ1) is 21.0. The Morgan fingerprint density at radius 3 is 2.04 bits per heavy atom. The third-order valence-corrected chi connectivity index (χ3v) is 3.77. The molecule has 0 saturated heterocycles. The molecule has 146 valence electrons. The van der Waals surface area contributed by atoms with Crippen LogP contribution in [0.5, 0.6) is 0 Å². The normalized spacial score (nSPS) is 9.96. The summed E-state index contributed by atoms with van der Waals surface area (Å²) in [6.45, 7) is -0.582. The number of hydrogen-bond donors (Lipinski definition) is 1. The highest BCUT2D eigenvalue weighted by atomic mass is 79.9. The van der Waals surface area contributed by atoms with E-state index in [2.05, 4.69) is 35.7 Å². The lowest BCUT2D eigenvalue weighted by Gasteiger charge is -2.10. The van der Waals surface area contributed by atoms with Gasteiger partial charge in [-0.05, 0) is 40.2 Å². The number of hydrogen-bond acceptors (Lipinski definition) is 8. The second-order valence-electron chi connectivity index (χ2n) is 5.30. The van der Waals surface area contributed by atoms with Crippen LogP contribution in [0, 0.1) is 0 Å². The molecule has 2 rings (SSSR count). The maximum atomic E-state index is 12.1. The van der Waals surface area contributed by atoms with Gasteiger partial charge in [-0.2, -0.15) is 0 Å². The Bertz CT molecular complexity index is 896. The van der Waals surface area contributed by atoms with Crippen molar-refractivity contribution < 1.29 is 33.4 Å². The molecule has 1 amide bonds. The number of anilines is 1. The Morgan fingerprint density at radius 2 is 1.50 bits per heavy atom. The molecule has 0 unspecified atom stereocenters. The molecule has 0 atom stereocenters. The number of carbonyl (C=O) groups is 4. The summed E-state index contributed by atoms with van der Waals surface area (Å²) >= 11 is 3.18. The number of methoxy groups -OCH3 is 2. The van der Waals surface area contributed by atoms with Crippen LogP contribution >= 0.6 is 15.9 Å². The molecule has 1 aromatic carbocycles. The number of amides is 1. The maximum Gasteiger partial charge on any atom is 0.340 e. The van der Waals surface area contributed by atoms with E-state index in [1.807, 2.05) is 0 Å². The highest BCUT2D eigenvalue weighted by Crippen LogP contribution is 2.17. The van der Waals surface area contributed by atoms with Crippen molar-refractivity contribution >= 4 is 45.4 Å². The number of carbonyl (C=O) groups excluding carboxylic acids is 4. The van der Waals surface area contributed by atoms with E-state index in [0.29, 0.717) is 4.47 Å². The number of rotatable bonds is 6. The minimum absolute atomic E-state index is 0.0397. The van der Waals surface area contributed by atoms with E-state index in [1.165, 1.54) is 50.9 Å². The minimum Gasteiger partial charge on any atom is -0.465 e. The molecule has 9 nitrogen and oxygen atoms in total. The third kappa shape index (κ3) is 5.61. The number of pyridine rings is 1. The predicted molar refractivity (Wildman–Crippen MR) is 100.0 cm³/mol. The van der Waals surface area contributed by atoms with Gasteiger partial charge in [-0.3, -0.25) is 9.78 Å². The lowest BCUT2D eigenvalue weighted by Crippen LogP contribution is -2.21. The van der Waals surface area contributed by atoms with Crippen LogP contribution in [-0.2, 0) is 19.0 Å². The van der Waals surface area contributed by atoms with Gasteiger partial charge in [0.1, 0.15) is 0 Å². The molecular weight excluding hydrogens is 436 g/mol. The Balaban J connectivity index is 2.09. The van der Waals surface area contributed by atoms with Crippen LogP contribution in [0.4, 0.5) is 5.69 Å². The SMILES string of the molecule is COC(=O)c1cc(NC(=O)COC(=O)c2cncc(Br)c2)cc(C(=O)OC)c1. The number of ether oxygens (including phenoxy) is 3. The Labute approximate surface area is 168 Å². The first-order valence-corrected chi connectivity index (χ1v) is 8.52. The molecule has 2 aromatic rings. The molecule has 0 bridgehead atoms.